The Morgan fingerprint density at radius 3 is 2.60 bits per heavy atom. The maximum atomic E-state index is 12.7. The molecule has 3 heterocycles. The SMILES string of the molecule is Cc1ccc(-c2csc(NC(=O)CSc3nnc(-c4cccnc4)n3Cc3ccccc3)n2)cc1. The Morgan fingerprint density at radius 1 is 1.00 bits per heavy atom. The lowest BCUT2D eigenvalue weighted by molar-refractivity contribution is -0.113. The number of thiazole rings is 1. The van der Waals surface area contributed by atoms with E-state index in [0.717, 1.165) is 22.4 Å². The number of nitrogens with zero attached hydrogens (tertiary/aromatic N) is 5. The molecule has 0 aliphatic heterocycles. The molecule has 9 heteroatoms. The highest BCUT2D eigenvalue weighted by atomic mass is 32.2. The van der Waals surface area contributed by atoms with Crippen LogP contribution in [0.2, 0.25) is 0 Å². The van der Waals surface area contributed by atoms with Crippen molar-refractivity contribution in [1.82, 2.24) is 24.7 Å². The van der Waals surface area contributed by atoms with E-state index in [1.807, 2.05) is 52.4 Å². The van der Waals surface area contributed by atoms with E-state index in [-0.39, 0.29) is 11.7 Å². The summed E-state index contributed by atoms with van der Waals surface area (Å²) in [6, 6.07) is 22.1. The van der Waals surface area contributed by atoms with E-state index in [2.05, 4.69) is 56.7 Å². The molecule has 0 radical (unpaired) electrons. The highest BCUT2D eigenvalue weighted by molar-refractivity contribution is 7.99. The molecular formula is C26H22N6OS2. The number of anilines is 1. The Morgan fingerprint density at radius 2 is 1.83 bits per heavy atom. The molecule has 2 aromatic carbocycles. The fraction of sp³-hybridized carbons (Fsp3) is 0.115. The molecule has 7 nitrogen and oxygen atoms in total. The van der Waals surface area contributed by atoms with Gasteiger partial charge in [0, 0.05) is 28.9 Å². The van der Waals surface area contributed by atoms with Crippen LogP contribution >= 0.6 is 23.1 Å². The van der Waals surface area contributed by atoms with Crippen molar-refractivity contribution in [3.05, 3.63) is 95.6 Å². The lowest BCUT2D eigenvalue weighted by atomic mass is 10.1. The number of thioether (sulfide) groups is 1. The summed E-state index contributed by atoms with van der Waals surface area (Å²) in [5, 5.41) is 14.9. The lowest BCUT2D eigenvalue weighted by Crippen LogP contribution is -2.14. The van der Waals surface area contributed by atoms with Crippen molar-refractivity contribution in [3.8, 4) is 22.6 Å². The first-order chi connectivity index (χ1) is 17.2. The average Bonchev–Trinajstić information content (AvgIpc) is 3.51. The number of hydrogen-bond acceptors (Lipinski definition) is 7. The van der Waals surface area contributed by atoms with Crippen molar-refractivity contribution in [3.63, 3.8) is 0 Å². The van der Waals surface area contributed by atoms with E-state index in [9.17, 15) is 4.79 Å². The Kier molecular flexibility index (Phi) is 6.97. The highest BCUT2D eigenvalue weighted by Crippen LogP contribution is 2.27. The monoisotopic (exact) mass is 498 g/mol. The minimum absolute atomic E-state index is 0.142. The molecule has 5 aromatic rings. The molecule has 0 saturated carbocycles. The minimum Gasteiger partial charge on any atom is -0.301 e. The summed E-state index contributed by atoms with van der Waals surface area (Å²) >= 11 is 2.76. The van der Waals surface area contributed by atoms with Gasteiger partial charge in [0.05, 0.1) is 18.0 Å². The van der Waals surface area contributed by atoms with Crippen LogP contribution in [-0.4, -0.2) is 36.4 Å². The fourth-order valence-corrected chi connectivity index (χ4v) is 4.96. The first kappa shape index (κ1) is 22.9. The molecule has 1 N–H and O–H groups in total. The van der Waals surface area contributed by atoms with Gasteiger partial charge in [0.25, 0.3) is 0 Å². The maximum absolute atomic E-state index is 12.7. The number of benzene rings is 2. The van der Waals surface area contributed by atoms with E-state index >= 15 is 0 Å². The molecule has 0 aliphatic carbocycles. The van der Waals surface area contributed by atoms with E-state index in [4.69, 9.17) is 0 Å². The second kappa shape index (κ2) is 10.6. The van der Waals surface area contributed by atoms with Gasteiger partial charge in [0.15, 0.2) is 16.1 Å². The number of carbonyl (C=O) groups is 1. The van der Waals surface area contributed by atoms with E-state index in [1.165, 1.54) is 28.7 Å². The van der Waals surface area contributed by atoms with Gasteiger partial charge in [0.2, 0.25) is 5.91 Å². The number of hydrogen-bond donors (Lipinski definition) is 1. The standard InChI is InChI=1S/C26H22N6OS2/c1-18-9-11-20(12-10-18)22-16-34-25(28-22)29-23(33)17-35-26-31-30-24(21-8-5-13-27-14-21)32(26)15-19-6-3-2-4-7-19/h2-14,16H,15,17H2,1H3,(H,28,29,33). The maximum Gasteiger partial charge on any atom is 0.236 e. The van der Waals surface area contributed by atoms with Crippen molar-refractivity contribution in [2.45, 2.75) is 18.6 Å². The summed E-state index contributed by atoms with van der Waals surface area (Å²) in [4.78, 5) is 21.5. The molecule has 0 aliphatic rings. The van der Waals surface area contributed by atoms with Crippen LogP contribution in [0.3, 0.4) is 0 Å². The number of nitrogens with one attached hydrogen (secondary N) is 1. The zero-order valence-corrected chi connectivity index (χ0v) is 20.6. The quantitative estimate of drug-likeness (QED) is 0.282. The molecule has 3 aromatic heterocycles. The van der Waals surface area contributed by atoms with Gasteiger partial charge in [0.1, 0.15) is 0 Å². The van der Waals surface area contributed by atoms with Gasteiger partial charge in [-0.3, -0.25) is 14.3 Å². The van der Waals surface area contributed by atoms with Crippen molar-refractivity contribution in [1.29, 1.82) is 0 Å². The molecule has 0 bridgehead atoms. The van der Waals surface area contributed by atoms with Crippen molar-refractivity contribution in [2.24, 2.45) is 0 Å². The van der Waals surface area contributed by atoms with Crippen LogP contribution in [0.4, 0.5) is 5.13 Å². The van der Waals surface area contributed by atoms with E-state index in [0.29, 0.717) is 22.7 Å². The molecule has 0 spiro atoms. The first-order valence-electron chi connectivity index (χ1n) is 11.0. The summed E-state index contributed by atoms with van der Waals surface area (Å²) in [5.74, 6) is 0.767. The Balaban J connectivity index is 1.29. The smallest absolute Gasteiger partial charge is 0.236 e. The number of aryl methyl sites for hydroxylation is 1. The van der Waals surface area contributed by atoms with Gasteiger partial charge >= 0.3 is 0 Å². The van der Waals surface area contributed by atoms with E-state index in [1.54, 1.807) is 12.4 Å². The van der Waals surface area contributed by atoms with Gasteiger partial charge in [-0.1, -0.05) is 71.9 Å². The third kappa shape index (κ3) is 5.64. The van der Waals surface area contributed by atoms with Gasteiger partial charge < -0.3 is 5.32 Å². The van der Waals surface area contributed by atoms with Crippen molar-refractivity contribution in [2.75, 3.05) is 11.1 Å². The third-order valence-corrected chi connectivity index (χ3v) is 6.97. The number of amides is 1. The van der Waals surface area contributed by atoms with E-state index < -0.39 is 0 Å². The fourth-order valence-electron chi connectivity index (χ4n) is 3.49. The van der Waals surface area contributed by atoms with Crippen LogP contribution in [0, 0.1) is 6.92 Å². The van der Waals surface area contributed by atoms with Crippen molar-refractivity contribution < 1.29 is 4.79 Å². The summed E-state index contributed by atoms with van der Waals surface area (Å²) in [6.07, 6.45) is 3.49. The zero-order valence-electron chi connectivity index (χ0n) is 19.0. The van der Waals surface area contributed by atoms with Crippen LogP contribution < -0.4 is 5.32 Å². The second-order valence-electron chi connectivity index (χ2n) is 7.86. The molecule has 35 heavy (non-hydrogen) atoms. The van der Waals surface area contributed by atoms with Crippen molar-refractivity contribution >= 4 is 34.1 Å². The minimum atomic E-state index is -0.142. The van der Waals surface area contributed by atoms with Crippen LogP contribution in [0.15, 0.2) is 89.7 Å². The second-order valence-corrected chi connectivity index (χ2v) is 9.66. The number of rotatable bonds is 8. The summed E-state index contributed by atoms with van der Waals surface area (Å²) in [6.45, 7) is 2.64. The summed E-state index contributed by atoms with van der Waals surface area (Å²) < 4.78 is 2.02. The normalized spacial score (nSPS) is 10.9. The molecule has 0 fully saturated rings. The Hall–Kier alpha value is -3.82. The number of carbonyl (C=O) groups excluding carboxylic acids is 1. The molecule has 174 valence electrons. The summed E-state index contributed by atoms with van der Waals surface area (Å²) in [7, 11) is 0. The first-order valence-corrected chi connectivity index (χ1v) is 12.8. The largest absolute Gasteiger partial charge is 0.301 e. The highest BCUT2D eigenvalue weighted by Gasteiger charge is 2.17. The van der Waals surface area contributed by atoms with Gasteiger partial charge in [-0.25, -0.2) is 4.98 Å². The Bertz CT molecular complexity index is 1420. The predicted octanol–water partition coefficient (Wildman–Crippen LogP) is 5.55. The molecule has 0 saturated heterocycles. The molecule has 1 amide bonds. The summed E-state index contributed by atoms with van der Waals surface area (Å²) in [5.41, 5.74) is 5.07. The zero-order chi connectivity index (χ0) is 24.0. The number of aromatic nitrogens is 5. The molecule has 0 atom stereocenters. The third-order valence-electron chi connectivity index (χ3n) is 5.25. The molecule has 5 rings (SSSR count). The van der Waals surface area contributed by atoms with Crippen LogP contribution in [0.5, 0.6) is 0 Å². The van der Waals surface area contributed by atoms with Gasteiger partial charge in [-0.2, -0.15) is 0 Å². The molecule has 0 unspecified atom stereocenters. The number of pyridine rings is 1. The topological polar surface area (TPSA) is 85.6 Å². The predicted molar refractivity (Wildman–Crippen MR) is 140 cm³/mol. The van der Waals surface area contributed by atoms with Crippen LogP contribution in [-0.2, 0) is 11.3 Å². The van der Waals surface area contributed by atoms with Gasteiger partial charge in [-0.15, -0.1) is 21.5 Å². The van der Waals surface area contributed by atoms with Crippen LogP contribution in [0.1, 0.15) is 11.1 Å². The molecular weight excluding hydrogens is 476 g/mol. The lowest BCUT2D eigenvalue weighted by Gasteiger charge is -2.10. The van der Waals surface area contributed by atoms with Gasteiger partial charge in [-0.05, 0) is 24.6 Å². The van der Waals surface area contributed by atoms with Crippen LogP contribution in [0.25, 0.3) is 22.6 Å². The Labute approximate surface area is 211 Å². The average molecular weight is 499 g/mol.